The number of nitrogens with zero attached hydrogens (tertiary/aromatic N) is 2. The molecule has 2 aromatic heterocycles. The maximum atomic E-state index is 13.0. The molecule has 1 aromatic carbocycles. The number of carbonyl (C=O) groups excluding carboxylic acids is 3. The molecule has 0 spiro atoms. The number of thiophene rings is 1. The van der Waals surface area contributed by atoms with Crippen LogP contribution in [0.3, 0.4) is 0 Å². The Balaban J connectivity index is 1.37. The first-order valence-electron chi connectivity index (χ1n) is 10.0. The summed E-state index contributed by atoms with van der Waals surface area (Å²) < 4.78 is 5.10. The van der Waals surface area contributed by atoms with E-state index in [-0.39, 0.29) is 23.5 Å². The zero-order chi connectivity index (χ0) is 22.0. The molecule has 0 aliphatic carbocycles. The van der Waals surface area contributed by atoms with Gasteiger partial charge in [-0.3, -0.25) is 14.4 Å². The summed E-state index contributed by atoms with van der Waals surface area (Å²) in [6, 6.07) is 12.5. The molecule has 0 radical (unpaired) electrons. The first-order chi connectivity index (χ1) is 14.9. The Hall–Kier alpha value is -3.39. The number of aryl methyl sites for hydroxylation is 2. The molecule has 4 rings (SSSR count). The zero-order valence-electron chi connectivity index (χ0n) is 17.4. The van der Waals surface area contributed by atoms with E-state index in [1.54, 1.807) is 28.0 Å². The minimum absolute atomic E-state index is 0.0117. The average molecular weight is 438 g/mol. The molecule has 1 aliphatic heterocycles. The summed E-state index contributed by atoms with van der Waals surface area (Å²) in [5, 5.41) is 3.36. The van der Waals surface area contributed by atoms with E-state index in [9.17, 15) is 14.4 Å². The average Bonchev–Trinajstić information content (AvgIpc) is 3.43. The highest BCUT2D eigenvalue weighted by atomic mass is 32.1. The molecular weight excluding hydrogens is 414 g/mol. The van der Waals surface area contributed by atoms with E-state index in [0.29, 0.717) is 41.6 Å². The highest BCUT2D eigenvalue weighted by Crippen LogP contribution is 2.28. The summed E-state index contributed by atoms with van der Waals surface area (Å²) in [5.41, 5.74) is 2.58. The molecule has 1 fully saturated rings. The Morgan fingerprint density at radius 2 is 1.58 bits per heavy atom. The summed E-state index contributed by atoms with van der Waals surface area (Å²) >= 11 is 1.25. The lowest BCUT2D eigenvalue weighted by Crippen LogP contribution is -2.50. The fourth-order valence-corrected chi connectivity index (χ4v) is 4.51. The highest BCUT2D eigenvalue weighted by molar-refractivity contribution is 7.18. The van der Waals surface area contributed by atoms with Gasteiger partial charge in [-0.1, -0.05) is 17.7 Å². The largest absolute Gasteiger partial charge is 0.459 e. The van der Waals surface area contributed by atoms with E-state index in [4.69, 9.17) is 4.42 Å². The van der Waals surface area contributed by atoms with Crippen molar-refractivity contribution in [3.63, 3.8) is 0 Å². The molecule has 8 heteroatoms. The molecule has 3 aromatic rings. The van der Waals surface area contributed by atoms with Gasteiger partial charge in [0.05, 0.1) is 16.1 Å². The van der Waals surface area contributed by atoms with Crippen molar-refractivity contribution in [3.8, 4) is 0 Å². The van der Waals surface area contributed by atoms with Gasteiger partial charge in [0.15, 0.2) is 5.76 Å². The summed E-state index contributed by atoms with van der Waals surface area (Å²) in [5.74, 6) is -0.229. The smallest absolute Gasteiger partial charge is 0.291 e. The highest BCUT2D eigenvalue weighted by Gasteiger charge is 2.27. The maximum absolute atomic E-state index is 13.0. The molecule has 1 N–H and O–H groups in total. The van der Waals surface area contributed by atoms with Crippen LogP contribution < -0.4 is 5.32 Å². The predicted molar refractivity (Wildman–Crippen MR) is 119 cm³/mol. The van der Waals surface area contributed by atoms with Gasteiger partial charge < -0.3 is 19.5 Å². The number of amides is 3. The molecule has 7 nitrogen and oxygen atoms in total. The van der Waals surface area contributed by atoms with Gasteiger partial charge in [0, 0.05) is 31.7 Å². The van der Waals surface area contributed by atoms with Gasteiger partial charge in [0.1, 0.15) is 0 Å². The first kappa shape index (κ1) is 20.9. The summed E-state index contributed by atoms with van der Waals surface area (Å²) in [7, 11) is 0. The SMILES string of the molecule is Cc1ccc(C(=O)N2CCN(C(=O)c3sc(NC(=O)c4ccco4)cc3C)CC2)cc1. The summed E-state index contributed by atoms with van der Waals surface area (Å²) in [6.45, 7) is 5.77. The van der Waals surface area contributed by atoms with Crippen molar-refractivity contribution in [2.45, 2.75) is 13.8 Å². The Kier molecular flexibility index (Phi) is 5.90. The van der Waals surface area contributed by atoms with Crippen molar-refractivity contribution in [2.24, 2.45) is 0 Å². The Morgan fingerprint density at radius 1 is 0.935 bits per heavy atom. The van der Waals surface area contributed by atoms with Crippen LogP contribution in [0.2, 0.25) is 0 Å². The van der Waals surface area contributed by atoms with E-state index < -0.39 is 0 Å². The van der Waals surface area contributed by atoms with Crippen molar-refractivity contribution in [1.82, 2.24) is 9.80 Å². The van der Waals surface area contributed by atoms with Gasteiger partial charge in [-0.05, 0) is 49.7 Å². The van der Waals surface area contributed by atoms with Gasteiger partial charge in [-0.15, -0.1) is 11.3 Å². The predicted octanol–water partition coefficient (Wildman–Crippen LogP) is 3.81. The molecule has 0 atom stereocenters. The Labute approximate surface area is 184 Å². The number of furan rings is 1. The topological polar surface area (TPSA) is 82.9 Å². The lowest BCUT2D eigenvalue weighted by atomic mass is 10.1. The van der Waals surface area contributed by atoms with Crippen LogP contribution >= 0.6 is 11.3 Å². The summed E-state index contributed by atoms with van der Waals surface area (Å²) in [6.07, 6.45) is 1.44. The Morgan fingerprint density at radius 3 is 2.19 bits per heavy atom. The number of nitrogens with one attached hydrogen (secondary N) is 1. The van der Waals surface area contributed by atoms with Gasteiger partial charge >= 0.3 is 0 Å². The molecule has 0 saturated carbocycles. The normalized spacial score (nSPS) is 13.9. The van der Waals surface area contributed by atoms with Crippen molar-refractivity contribution >= 4 is 34.1 Å². The molecule has 1 aliphatic rings. The zero-order valence-corrected chi connectivity index (χ0v) is 18.2. The molecule has 160 valence electrons. The third-order valence-electron chi connectivity index (χ3n) is 5.25. The Bertz CT molecular complexity index is 1090. The van der Waals surface area contributed by atoms with Gasteiger partial charge in [0.25, 0.3) is 17.7 Å². The minimum atomic E-state index is -0.353. The molecule has 31 heavy (non-hydrogen) atoms. The van der Waals surface area contributed by atoms with Crippen LogP contribution in [0.1, 0.15) is 41.7 Å². The molecular formula is C23H23N3O4S. The van der Waals surface area contributed by atoms with Crippen LogP contribution in [0.25, 0.3) is 0 Å². The van der Waals surface area contributed by atoms with E-state index in [2.05, 4.69) is 5.32 Å². The van der Waals surface area contributed by atoms with E-state index in [0.717, 1.165) is 11.1 Å². The molecule has 0 bridgehead atoms. The van der Waals surface area contributed by atoms with E-state index >= 15 is 0 Å². The number of benzene rings is 1. The fourth-order valence-electron chi connectivity index (χ4n) is 3.47. The van der Waals surface area contributed by atoms with E-state index in [1.807, 2.05) is 38.1 Å². The van der Waals surface area contributed by atoms with Crippen LogP contribution in [0.5, 0.6) is 0 Å². The third kappa shape index (κ3) is 4.54. The second-order valence-corrected chi connectivity index (χ2v) is 8.56. The number of hydrogen-bond acceptors (Lipinski definition) is 5. The standard InChI is InChI=1S/C23H23N3O4S/c1-15-5-7-17(8-6-15)22(28)25-9-11-26(12-10-25)23(29)20-16(2)14-19(31-20)24-21(27)18-4-3-13-30-18/h3-8,13-14H,9-12H2,1-2H3,(H,24,27). The van der Waals surface area contributed by atoms with Crippen molar-refractivity contribution in [1.29, 1.82) is 0 Å². The van der Waals surface area contributed by atoms with E-state index in [1.165, 1.54) is 17.6 Å². The molecule has 0 unspecified atom stereocenters. The second kappa shape index (κ2) is 8.77. The van der Waals surface area contributed by atoms with Gasteiger partial charge in [0.2, 0.25) is 0 Å². The van der Waals surface area contributed by atoms with Crippen molar-refractivity contribution < 1.29 is 18.8 Å². The quantitative estimate of drug-likeness (QED) is 0.673. The van der Waals surface area contributed by atoms with Gasteiger partial charge in [-0.25, -0.2) is 0 Å². The number of carbonyl (C=O) groups is 3. The van der Waals surface area contributed by atoms with Gasteiger partial charge in [-0.2, -0.15) is 0 Å². The van der Waals surface area contributed by atoms with Crippen molar-refractivity contribution in [2.75, 3.05) is 31.5 Å². The monoisotopic (exact) mass is 437 g/mol. The summed E-state index contributed by atoms with van der Waals surface area (Å²) in [4.78, 5) is 42.0. The van der Waals surface area contributed by atoms with Crippen LogP contribution in [0.4, 0.5) is 5.00 Å². The lowest BCUT2D eigenvalue weighted by Gasteiger charge is -2.34. The molecule has 3 amide bonds. The number of hydrogen-bond donors (Lipinski definition) is 1. The number of anilines is 1. The second-order valence-electron chi connectivity index (χ2n) is 7.50. The van der Waals surface area contributed by atoms with Crippen molar-refractivity contribution in [3.05, 3.63) is 76.1 Å². The van der Waals surface area contributed by atoms with Crippen LogP contribution in [-0.2, 0) is 0 Å². The third-order valence-corrected chi connectivity index (χ3v) is 6.39. The lowest BCUT2D eigenvalue weighted by molar-refractivity contribution is 0.0537. The molecule has 3 heterocycles. The maximum Gasteiger partial charge on any atom is 0.291 e. The van der Waals surface area contributed by atoms with Crippen LogP contribution in [-0.4, -0.2) is 53.7 Å². The minimum Gasteiger partial charge on any atom is -0.459 e. The van der Waals surface area contributed by atoms with Crippen LogP contribution in [0.15, 0.2) is 53.1 Å². The first-order valence-corrected chi connectivity index (χ1v) is 10.8. The number of rotatable bonds is 4. The van der Waals surface area contributed by atoms with Crippen LogP contribution in [0, 0.1) is 13.8 Å². The fraction of sp³-hybridized carbons (Fsp3) is 0.261. The molecule has 1 saturated heterocycles. The number of piperazine rings is 1.